The number of aromatic nitrogens is 3. The topological polar surface area (TPSA) is 58.6 Å². The third-order valence-electron chi connectivity index (χ3n) is 2.79. The summed E-state index contributed by atoms with van der Waals surface area (Å²) in [5.41, 5.74) is 2.00. The number of hydrogen-bond donors (Lipinski definition) is 1. The zero-order chi connectivity index (χ0) is 12.5. The zero-order valence-electron chi connectivity index (χ0n) is 9.84. The molecule has 2 aromatic heterocycles. The Labute approximate surface area is 103 Å². The first-order valence-electron chi connectivity index (χ1n) is 5.66. The van der Waals surface area contributed by atoms with Crippen LogP contribution in [0.2, 0.25) is 0 Å². The molecule has 1 aromatic carbocycles. The van der Waals surface area contributed by atoms with E-state index in [-0.39, 0.29) is 5.56 Å². The number of aryl methyl sites for hydroxylation is 1. The van der Waals surface area contributed by atoms with Crippen molar-refractivity contribution in [2.75, 3.05) is 0 Å². The summed E-state index contributed by atoms with van der Waals surface area (Å²) in [5, 5.41) is 0.753. The van der Waals surface area contributed by atoms with E-state index >= 15 is 0 Å². The van der Waals surface area contributed by atoms with Crippen molar-refractivity contribution in [2.45, 2.75) is 6.92 Å². The summed E-state index contributed by atoms with van der Waals surface area (Å²) in [6, 6.07) is 11.6. The zero-order valence-corrected chi connectivity index (χ0v) is 9.84. The first-order chi connectivity index (χ1) is 8.74. The molecule has 0 fully saturated rings. The normalized spacial score (nSPS) is 10.7. The molecular formula is C14H11N3O. The number of hydrogen-bond acceptors (Lipinski definition) is 3. The molecule has 88 valence electrons. The maximum absolute atomic E-state index is 12.0. The van der Waals surface area contributed by atoms with Gasteiger partial charge >= 0.3 is 0 Å². The van der Waals surface area contributed by atoms with Gasteiger partial charge in [0.2, 0.25) is 0 Å². The van der Waals surface area contributed by atoms with Gasteiger partial charge in [0, 0.05) is 17.3 Å². The lowest BCUT2D eigenvalue weighted by atomic mass is 10.1. The largest absolute Gasteiger partial charge is 0.320 e. The predicted octanol–water partition coefficient (Wildman–Crippen LogP) is 2.29. The van der Waals surface area contributed by atoms with Crippen LogP contribution in [0.4, 0.5) is 0 Å². The van der Waals surface area contributed by atoms with Gasteiger partial charge in [-0.1, -0.05) is 30.3 Å². The molecule has 3 aromatic rings. The smallest absolute Gasteiger partial charge is 0.275 e. The fourth-order valence-corrected chi connectivity index (χ4v) is 1.91. The van der Waals surface area contributed by atoms with Crippen LogP contribution >= 0.6 is 0 Å². The van der Waals surface area contributed by atoms with Gasteiger partial charge in [-0.2, -0.15) is 0 Å². The molecular weight excluding hydrogens is 226 g/mol. The number of nitrogens with one attached hydrogen (secondary N) is 1. The number of fused-ring (bicyclic) bond motifs is 1. The third kappa shape index (κ3) is 1.78. The molecule has 4 heteroatoms. The summed E-state index contributed by atoms with van der Waals surface area (Å²) in [6.45, 7) is 1.77. The number of pyridine rings is 1. The van der Waals surface area contributed by atoms with Crippen LogP contribution in [0, 0.1) is 6.92 Å². The summed E-state index contributed by atoms with van der Waals surface area (Å²) in [7, 11) is 0. The molecule has 0 saturated heterocycles. The minimum Gasteiger partial charge on any atom is -0.320 e. The van der Waals surface area contributed by atoms with E-state index in [4.69, 9.17) is 0 Å². The van der Waals surface area contributed by atoms with Crippen LogP contribution in [0.1, 0.15) is 5.82 Å². The molecule has 1 N–H and O–H groups in total. The highest BCUT2D eigenvalue weighted by molar-refractivity contribution is 5.81. The van der Waals surface area contributed by atoms with E-state index < -0.39 is 0 Å². The number of H-pyrrole nitrogens is 1. The first-order valence-corrected chi connectivity index (χ1v) is 5.66. The van der Waals surface area contributed by atoms with Crippen LogP contribution in [-0.2, 0) is 0 Å². The number of rotatable bonds is 1. The van der Waals surface area contributed by atoms with Crippen molar-refractivity contribution in [1.29, 1.82) is 0 Å². The Morgan fingerprint density at radius 2 is 1.94 bits per heavy atom. The van der Waals surface area contributed by atoms with Gasteiger partial charge in [0.15, 0.2) is 0 Å². The lowest BCUT2D eigenvalue weighted by Crippen LogP contribution is -2.10. The molecule has 0 aliphatic carbocycles. The predicted molar refractivity (Wildman–Crippen MR) is 70.3 cm³/mol. The standard InChI is InChI=1S/C14H11N3O/c1-9-15-8-11-7-12(10-5-3-2-4-6-10)17-14(18)13(11)16-9/h2-8H,1H3,(H,17,18). The van der Waals surface area contributed by atoms with E-state index in [0.717, 1.165) is 16.6 Å². The number of nitrogens with zero attached hydrogens (tertiary/aromatic N) is 2. The fourth-order valence-electron chi connectivity index (χ4n) is 1.91. The summed E-state index contributed by atoms with van der Waals surface area (Å²) in [6.07, 6.45) is 1.68. The van der Waals surface area contributed by atoms with Gasteiger partial charge < -0.3 is 4.98 Å². The minimum absolute atomic E-state index is 0.183. The van der Waals surface area contributed by atoms with E-state index in [9.17, 15) is 4.79 Å². The van der Waals surface area contributed by atoms with E-state index in [1.807, 2.05) is 36.4 Å². The SMILES string of the molecule is Cc1ncc2cc(-c3ccccc3)[nH]c(=O)c2n1. The Morgan fingerprint density at radius 1 is 1.17 bits per heavy atom. The molecule has 18 heavy (non-hydrogen) atoms. The Morgan fingerprint density at radius 3 is 2.72 bits per heavy atom. The van der Waals surface area contributed by atoms with Crippen LogP contribution in [0.5, 0.6) is 0 Å². The second-order valence-electron chi connectivity index (χ2n) is 4.10. The van der Waals surface area contributed by atoms with Crippen molar-refractivity contribution in [3.8, 4) is 11.3 Å². The molecule has 0 aliphatic rings. The van der Waals surface area contributed by atoms with Gasteiger partial charge in [0.05, 0.1) is 0 Å². The fraction of sp³-hybridized carbons (Fsp3) is 0.0714. The van der Waals surface area contributed by atoms with Crippen LogP contribution < -0.4 is 5.56 Å². The van der Waals surface area contributed by atoms with Crippen LogP contribution in [0.15, 0.2) is 47.4 Å². The minimum atomic E-state index is -0.183. The number of benzene rings is 1. The molecule has 0 saturated carbocycles. The van der Waals surface area contributed by atoms with Crippen molar-refractivity contribution in [3.63, 3.8) is 0 Å². The lowest BCUT2D eigenvalue weighted by molar-refractivity contribution is 1.08. The molecule has 0 spiro atoms. The van der Waals surface area contributed by atoms with Gasteiger partial charge in [-0.25, -0.2) is 9.97 Å². The Bertz CT molecular complexity index is 763. The quantitative estimate of drug-likeness (QED) is 0.706. The molecule has 3 rings (SSSR count). The highest BCUT2D eigenvalue weighted by Crippen LogP contribution is 2.18. The highest BCUT2D eigenvalue weighted by atomic mass is 16.1. The third-order valence-corrected chi connectivity index (χ3v) is 2.79. The highest BCUT2D eigenvalue weighted by Gasteiger charge is 2.05. The average Bonchev–Trinajstić information content (AvgIpc) is 2.40. The molecule has 2 heterocycles. The Hall–Kier alpha value is -2.49. The average molecular weight is 237 g/mol. The number of aromatic amines is 1. The van der Waals surface area contributed by atoms with Gasteiger partial charge in [-0.15, -0.1) is 0 Å². The van der Waals surface area contributed by atoms with Crippen molar-refractivity contribution < 1.29 is 0 Å². The van der Waals surface area contributed by atoms with E-state index in [0.29, 0.717) is 11.3 Å². The molecule has 0 unspecified atom stereocenters. The van der Waals surface area contributed by atoms with Gasteiger partial charge in [0.1, 0.15) is 11.3 Å². The maximum Gasteiger partial charge on any atom is 0.275 e. The Kier molecular flexibility index (Phi) is 2.41. The monoisotopic (exact) mass is 237 g/mol. The van der Waals surface area contributed by atoms with Crippen LogP contribution in [0.3, 0.4) is 0 Å². The van der Waals surface area contributed by atoms with E-state index in [1.165, 1.54) is 0 Å². The van der Waals surface area contributed by atoms with Gasteiger partial charge in [-0.3, -0.25) is 4.79 Å². The maximum atomic E-state index is 12.0. The van der Waals surface area contributed by atoms with Crippen molar-refractivity contribution >= 4 is 10.9 Å². The molecule has 0 atom stereocenters. The van der Waals surface area contributed by atoms with Crippen molar-refractivity contribution in [2.24, 2.45) is 0 Å². The van der Waals surface area contributed by atoms with Crippen molar-refractivity contribution in [1.82, 2.24) is 15.0 Å². The van der Waals surface area contributed by atoms with E-state index in [2.05, 4.69) is 15.0 Å². The van der Waals surface area contributed by atoms with Crippen molar-refractivity contribution in [3.05, 3.63) is 58.8 Å². The molecule has 0 aliphatic heterocycles. The van der Waals surface area contributed by atoms with Crippen LogP contribution in [0.25, 0.3) is 22.2 Å². The second kappa shape index (κ2) is 4.07. The molecule has 0 radical (unpaired) electrons. The lowest BCUT2D eigenvalue weighted by Gasteiger charge is -2.03. The summed E-state index contributed by atoms with van der Waals surface area (Å²) < 4.78 is 0. The molecule has 0 bridgehead atoms. The van der Waals surface area contributed by atoms with E-state index in [1.54, 1.807) is 13.1 Å². The molecule has 4 nitrogen and oxygen atoms in total. The molecule has 0 amide bonds. The summed E-state index contributed by atoms with van der Waals surface area (Å²) in [5.74, 6) is 0.598. The van der Waals surface area contributed by atoms with Gasteiger partial charge in [0.25, 0.3) is 5.56 Å². The first kappa shape index (κ1) is 10.7. The summed E-state index contributed by atoms with van der Waals surface area (Å²) >= 11 is 0. The Balaban J connectivity index is 2.29. The summed E-state index contributed by atoms with van der Waals surface area (Å²) in [4.78, 5) is 23.1. The van der Waals surface area contributed by atoms with Gasteiger partial charge in [-0.05, 0) is 18.6 Å². The van der Waals surface area contributed by atoms with Crippen LogP contribution in [-0.4, -0.2) is 15.0 Å². The second-order valence-corrected chi connectivity index (χ2v) is 4.10.